The minimum atomic E-state index is -3.55. The number of aromatic nitrogens is 2. The first kappa shape index (κ1) is 21.0. The molecule has 0 saturated heterocycles. The number of para-hydroxylation sites is 2. The highest BCUT2D eigenvalue weighted by atomic mass is 32.2. The van der Waals surface area contributed by atoms with Gasteiger partial charge in [0.15, 0.2) is 0 Å². The molecule has 0 bridgehead atoms. The summed E-state index contributed by atoms with van der Waals surface area (Å²) >= 11 is 0. The molecule has 0 radical (unpaired) electrons. The third kappa shape index (κ3) is 4.81. The summed E-state index contributed by atoms with van der Waals surface area (Å²) in [7, 11) is -2.21. The number of anilines is 1. The fourth-order valence-corrected chi connectivity index (χ4v) is 3.67. The Labute approximate surface area is 169 Å². The Balaban J connectivity index is 1.82. The van der Waals surface area contributed by atoms with E-state index in [1.807, 2.05) is 35.8 Å². The monoisotopic (exact) mass is 416 g/mol. The van der Waals surface area contributed by atoms with Crippen molar-refractivity contribution in [3.8, 4) is 0 Å². The van der Waals surface area contributed by atoms with E-state index in [0.29, 0.717) is 31.3 Å². The van der Waals surface area contributed by atoms with Crippen LogP contribution in [0, 0.1) is 0 Å². The number of amides is 1. The van der Waals surface area contributed by atoms with E-state index in [1.165, 1.54) is 31.3 Å². The Morgan fingerprint density at radius 3 is 2.55 bits per heavy atom. The normalized spacial score (nSPS) is 11.7. The molecule has 0 saturated carbocycles. The molecule has 0 spiro atoms. The lowest BCUT2D eigenvalue weighted by Gasteiger charge is -2.10. The Hall–Kier alpha value is -2.75. The number of aryl methyl sites for hydroxylation is 1. The molecular formula is C20H24N4O4S. The number of rotatable bonds is 9. The van der Waals surface area contributed by atoms with Crippen LogP contribution >= 0.6 is 0 Å². The van der Waals surface area contributed by atoms with Gasteiger partial charge in [0.05, 0.1) is 15.9 Å². The lowest BCUT2D eigenvalue weighted by atomic mass is 10.2. The molecule has 0 aliphatic rings. The van der Waals surface area contributed by atoms with E-state index >= 15 is 0 Å². The number of ether oxygens (including phenoxy) is 1. The van der Waals surface area contributed by atoms with Crippen LogP contribution in [-0.4, -0.2) is 44.1 Å². The minimum Gasteiger partial charge on any atom is -0.382 e. The molecule has 2 N–H and O–H groups in total. The zero-order chi connectivity index (χ0) is 20.9. The van der Waals surface area contributed by atoms with Crippen LogP contribution in [0.3, 0.4) is 0 Å². The van der Waals surface area contributed by atoms with Gasteiger partial charge >= 0.3 is 0 Å². The van der Waals surface area contributed by atoms with Gasteiger partial charge < -0.3 is 9.30 Å². The number of carbonyl (C=O) groups excluding carboxylic acids is 1. The maximum atomic E-state index is 12.7. The van der Waals surface area contributed by atoms with Gasteiger partial charge in [-0.2, -0.15) is 0 Å². The minimum absolute atomic E-state index is 0.0970. The molecular weight excluding hydrogens is 392 g/mol. The van der Waals surface area contributed by atoms with Crippen LogP contribution in [0.25, 0.3) is 11.0 Å². The lowest BCUT2D eigenvalue weighted by molar-refractivity contribution is 0.102. The maximum Gasteiger partial charge on any atom is 0.257 e. The number of hydrogen-bond acceptors (Lipinski definition) is 5. The van der Waals surface area contributed by atoms with E-state index in [2.05, 4.69) is 15.0 Å². The van der Waals surface area contributed by atoms with Gasteiger partial charge in [0, 0.05) is 25.3 Å². The summed E-state index contributed by atoms with van der Waals surface area (Å²) in [5.41, 5.74) is 2.05. The summed E-state index contributed by atoms with van der Waals surface area (Å²) in [6.45, 7) is 3.88. The number of nitrogens with one attached hydrogen (secondary N) is 2. The van der Waals surface area contributed by atoms with Gasteiger partial charge in [-0.1, -0.05) is 12.1 Å². The largest absolute Gasteiger partial charge is 0.382 e. The molecule has 2 aromatic carbocycles. The number of benzene rings is 2. The Morgan fingerprint density at radius 1 is 1.14 bits per heavy atom. The molecule has 3 aromatic rings. The first-order chi connectivity index (χ1) is 14.0. The highest BCUT2D eigenvalue weighted by molar-refractivity contribution is 7.89. The number of sulfonamides is 1. The predicted octanol–water partition coefficient (Wildman–Crippen LogP) is 2.62. The summed E-state index contributed by atoms with van der Waals surface area (Å²) in [4.78, 5) is 17.3. The third-order valence-electron chi connectivity index (χ3n) is 4.45. The highest BCUT2D eigenvalue weighted by Gasteiger charge is 2.16. The highest BCUT2D eigenvalue weighted by Crippen LogP contribution is 2.21. The van der Waals surface area contributed by atoms with E-state index in [9.17, 15) is 13.2 Å². The van der Waals surface area contributed by atoms with Crippen molar-refractivity contribution in [2.75, 3.05) is 25.6 Å². The molecule has 1 amide bonds. The van der Waals surface area contributed by atoms with Crippen molar-refractivity contribution in [2.24, 2.45) is 0 Å². The van der Waals surface area contributed by atoms with Gasteiger partial charge in [-0.3, -0.25) is 10.1 Å². The fraction of sp³-hybridized carbons (Fsp3) is 0.300. The van der Waals surface area contributed by atoms with E-state index in [1.54, 1.807) is 0 Å². The summed E-state index contributed by atoms with van der Waals surface area (Å²) in [6.07, 6.45) is 0.785. The number of carbonyl (C=O) groups is 1. The molecule has 0 atom stereocenters. The van der Waals surface area contributed by atoms with Crippen molar-refractivity contribution in [3.63, 3.8) is 0 Å². The third-order valence-corrected chi connectivity index (χ3v) is 5.88. The van der Waals surface area contributed by atoms with Gasteiger partial charge in [0.2, 0.25) is 16.0 Å². The summed E-state index contributed by atoms with van der Waals surface area (Å²) in [5, 5.41) is 2.84. The molecule has 0 unspecified atom stereocenters. The Kier molecular flexibility index (Phi) is 6.63. The smallest absolute Gasteiger partial charge is 0.257 e. The number of imidazole rings is 1. The molecule has 0 fully saturated rings. The summed E-state index contributed by atoms with van der Waals surface area (Å²) in [5.74, 6) is 0.0828. The van der Waals surface area contributed by atoms with Crippen LogP contribution in [0.2, 0.25) is 0 Å². The van der Waals surface area contributed by atoms with Crippen LogP contribution in [0.5, 0.6) is 0 Å². The maximum absolute atomic E-state index is 12.7. The van der Waals surface area contributed by atoms with Crippen LogP contribution in [0.15, 0.2) is 53.4 Å². The van der Waals surface area contributed by atoms with E-state index in [4.69, 9.17) is 4.74 Å². The van der Waals surface area contributed by atoms with Crippen LogP contribution in [0.1, 0.15) is 23.7 Å². The lowest BCUT2D eigenvalue weighted by Crippen LogP contribution is -2.19. The first-order valence-electron chi connectivity index (χ1n) is 9.34. The number of hydrogen-bond donors (Lipinski definition) is 2. The topological polar surface area (TPSA) is 102 Å². The Morgan fingerprint density at radius 2 is 1.86 bits per heavy atom. The van der Waals surface area contributed by atoms with Crippen molar-refractivity contribution in [3.05, 3.63) is 54.1 Å². The van der Waals surface area contributed by atoms with Crippen molar-refractivity contribution in [2.45, 2.75) is 24.8 Å². The van der Waals surface area contributed by atoms with Gasteiger partial charge in [0.25, 0.3) is 5.91 Å². The summed E-state index contributed by atoms with van der Waals surface area (Å²) < 4.78 is 33.3. The van der Waals surface area contributed by atoms with E-state index in [0.717, 1.165) is 17.5 Å². The molecule has 8 nitrogen and oxygen atoms in total. The SMILES string of the molecule is CCOCCCn1c(NC(=O)c2ccc(S(=O)(=O)NC)cc2)nc2ccccc21. The van der Waals surface area contributed by atoms with Gasteiger partial charge in [-0.05, 0) is 56.8 Å². The zero-order valence-corrected chi connectivity index (χ0v) is 17.2. The van der Waals surface area contributed by atoms with Gasteiger partial charge in [-0.25, -0.2) is 18.1 Å². The van der Waals surface area contributed by atoms with Crippen molar-refractivity contribution in [1.29, 1.82) is 0 Å². The first-order valence-corrected chi connectivity index (χ1v) is 10.8. The van der Waals surface area contributed by atoms with Crippen molar-refractivity contribution in [1.82, 2.24) is 14.3 Å². The number of fused-ring (bicyclic) bond motifs is 1. The van der Waals surface area contributed by atoms with Gasteiger partial charge in [0.1, 0.15) is 0 Å². The van der Waals surface area contributed by atoms with Crippen LogP contribution in [-0.2, 0) is 21.3 Å². The quantitative estimate of drug-likeness (QED) is 0.522. The Bertz CT molecular complexity index is 1090. The molecule has 29 heavy (non-hydrogen) atoms. The van der Waals surface area contributed by atoms with E-state index in [-0.39, 0.29) is 10.8 Å². The fourth-order valence-electron chi connectivity index (χ4n) is 2.94. The predicted molar refractivity (Wildman–Crippen MR) is 111 cm³/mol. The summed E-state index contributed by atoms with van der Waals surface area (Å²) in [6, 6.07) is 13.4. The average molecular weight is 417 g/mol. The molecule has 154 valence electrons. The van der Waals surface area contributed by atoms with Crippen molar-refractivity contribution < 1.29 is 17.9 Å². The molecule has 0 aliphatic carbocycles. The van der Waals surface area contributed by atoms with Crippen LogP contribution in [0.4, 0.5) is 5.95 Å². The molecule has 1 aromatic heterocycles. The molecule has 0 aliphatic heterocycles. The second-order valence-corrected chi connectivity index (χ2v) is 8.20. The standard InChI is InChI=1S/C20H24N4O4S/c1-3-28-14-6-13-24-18-8-5-4-7-17(18)22-20(24)23-19(25)15-9-11-16(12-10-15)29(26,27)21-2/h4-5,7-12,21H,3,6,13-14H2,1-2H3,(H,22,23,25). The van der Waals surface area contributed by atoms with Crippen molar-refractivity contribution >= 4 is 32.9 Å². The second kappa shape index (κ2) is 9.17. The van der Waals surface area contributed by atoms with Gasteiger partial charge in [-0.15, -0.1) is 0 Å². The zero-order valence-electron chi connectivity index (χ0n) is 16.4. The van der Waals surface area contributed by atoms with Crippen LogP contribution < -0.4 is 10.0 Å². The molecule has 9 heteroatoms. The second-order valence-electron chi connectivity index (χ2n) is 6.31. The number of nitrogens with zero attached hydrogens (tertiary/aromatic N) is 2. The molecule has 1 heterocycles. The van der Waals surface area contributed by atoms with E-state index < -0.39 is 10.0 Å². The molecule has 3 rings (SSSR count). The average Bonchev–Trinajstić information content (AvgIpc) is 3.08.